The van der Waals surface area contributed by atoms with Crippen LogP contribution in [0.15, 0.2) is 36.4 Å². The standard InChI is InChI=1S/C12H6Cl2NO2/c13-11-6-2-5-10(12(11)14)8-3-1-4-9(7-8)15(16)17/h1-3,5-7H. The van der Waals surface area contributed by atoms with Crippen LogP contribution in [-0.2, 0) is 0 Å². The predicted molar refractivity (Wildman–Crippen MR) is 67.4 cm³/mol. The number of non-ortho nitro benzene ring substituents is 1. The first-order chi connectivity index (χ1) is 8.09. The topological polar surface area (TPSA) is 43.1 Å². The number of nitro benzene ring substituents is 1. The molecule has 0 bridgehead atoms. The Hall–Kier alpha value is -1.58. The number of nitrogens with zero attached hydrogens (tertiary/aromatic N) is 1. The Balaban J connectivity index is 2.57. The summed E-state index contributed by atoms with van der Waals surface area (Å²) in [5.41, 5.74) is 1.21. The van der Waals surface area contributed by atoms with E-state index in [1.165, 1.54) is 12.1 Å². The van der Waals surface area contributed by atoms with Crippen LogP contribution in [-0.4, -0.2) is 4.92 Å². The number of hydrogen-bond donors (Lipinski definition) is 0. The lowest BCUT2D eigenvalue weighted by Crippen LogP contribution is -1.89. The van der Waals surface area contributed by atoms with Crippen LogP contribution >= 0.6 is 23.2 Å². The highest BCUT2D eigenvalue weighted by Crippen LogP contribution is 2.34. The summed E-state index contributed by atoms with van der Waals surface area (Å²) in [5, 5.41) is 11.5. The van der Waals surface area contributed by atoms with E-state index in [2.05, 4.69) is 6.07 Å². The second-order valence-corrected chi connectivity index (χ2v) is 4.11. The van der Waals surface area contributed by atoms with Crippen molar-refractivity contribution < 1.29 is 4.92 Å². The maximum Gasteiger partial charge on any atom is 0.278 e. The van der Waals surface area contributed by atoms with E-state index >= 15 is 0 Å². The third-order valence-electron chi connectivity index (χ3n) is 2.25. The summed E-state index contributed by atoms with van der Waals surface area (Å²) < 4.78 is 0. The smallest absolute Gasteiger partial charge is 0.258 e. The summed E-state index contributed by atoms with van der Waals surface area (Å²) >= 11 is 11.9. The molecule has 0 N–H and O–H groups in total. The fraction of sp³-hybridized carbons (Fsp3) is 0. The summed E-state index contributed by atoms with van der Waals surface area (Å²) in [5.74, 6) is 0. The molecule has 0 aromatic heterocycles. The van der Waals surface area contributed by atoms with E-state index in [4.69, 9.17) is 23.2 Å². The van der Waals surface area contributed by atoms with Crippen molar-refractivity contribution in [2.24, 2.45) is 0 Å². The Morgan fingerprint density at radius 2 is 2.00 bits per heavy atom. The summed E-state index contributed by atoms with van der Waals surface area (Å²) in [4.78, 5) is 10.2. The lowest BCUT2D eigenvalue weighted by atomic mass is 10.1. The van der Waals surface area contributed by atoms with Crippen molar-refractivity contribution in [2.75, 3.05) is 0 Å². The molecule has 3 nitrogen and oxygen atoms in total. The molecule has 0 spiro atoms. The molecule has 2 aromatic rings. The van der Waals surface area contributed by atoms with Crippen molar-refractivity contribution >= 4 is 28.9 Å². The molecule has 0 aliphatic heterocycles. The summed E-state index contributed by atoms with van der Waals surface area (Å²) in [6, 6.07) is 12.3. The number of nitro groups is 1. The first kappa shape index (κ1) is 11.9. The highest BCUT2D eigenvalue weighted by molar-refractivity contribution is 6.43. The van der Waals surface area contributed by atoms with Gasteiger partial charge in [-0.1, -0.05) is 41.4 Å². The van der Waals surface area contributed by atoms with E-state index in [-0.39, 0.29) is 5.69 Å². The third kappa shape index (κ3) is 2.40. The molecule has 0 aliphatic rings. The number of benzene rings is 2. The minimum Gasteiger partial charge on any atom is -0.258 e. The van der Waals surface area contributed by atoms with Gasteiger partial charge in [0.15, 0.2) is 0 Å². The van der Waals surface area contributed by atoms with Gasteiger partial charge >= 0.3 is 0 Å². The van der Waals surface area contributed by atoms with Crippen molar-refractivity contribution in [2.45, 2.75) is 0 Å². The molecule has 0 saturated carbocycles. The Morgan fingerprint density at radius 1 is 1.24 bits per heavy atom. The Labute approximate surface area is 108 Å². The van der Waals surface area contributed by atoms with Crippen molar-refractivity contribution in [3.63, 3.8) is 0 Å². The molecule has 0 unspecified atom stereocenters. The van der Waals surface area contributed by atoms with Crippen molar-refractivity contribution in [1.82, 2.24) is 0 Å². The lowest BCUT2D eigenvalue weighted by Gasteiger charge is -2.05. The monoisotopic (exact) mass is 266 g/mol. The Bertz CT molecular complexity index is 584. The minimum atomic E-state index is -0.498. The van der Waals surface area contributed by atoms with E-state index in [1.54, 1.807) is 24.3 Å². The normalized spacial score (nSPS) is 10.2. The number of rotatable bonds is 2. The van der Waals surface area contributed by atoms with Gasteiger partial charge in [-0.05, 0) is 17.7 Å². The maximum absolute atomic E-state index is 10.7. The van der Waals surface area contributed by atoms with Crippen LogP contribution in [0.3, 0.4) is 0 Å². The van der Waals surface area contributed by atoms with Gasteiger partial charge in [-0.25, -0.2) is 0 Å². The van der Waals surface area contributed by atoms with Gasteiger partial charge in [-0.2, -0.15) is 0 Å². The van der Waals surface area contributed by atoms with Crippen LogP contribution in [0.4, 0.5) is 5.69 Å². The van der Waals surface area contributed by atoms with Gasteiger partial charge in [0.1, 0.15) is 0 Å². The molecule has 5 heteroatoms. The van der Waals surface area contributed by atoms with Crippen LogP contribution in [0.5, 0.6) is 0 Å². The van der Waals surface area contributed by atoms with Crippen LogP contribution in [0.1, 0.15) is 0 Å². The van der Waals surface area contributed by atoms with Crippen LogP contribution < -0.4 is 0 Å². The average molecular weight is 267 g/mol. The molecule has 0 heterocycles. The molecule has 0 atom stereocenters. The second kappa shape index (κ2) is 4.73. The number of halogens is 2. The van der Waals surface area contributed by atoms with Crippen LogP contribution in [0.25, 0.3) is 11.1 Å². The van der Waals surface area contributed by atoms with E-state index in [0.717, 1.165) is 0 Å². The largest absolute Gasteiger partial charge is 0.278 e. The average Bonchev–Trinajstić information content (AvgIpc) is 2.33. The van der Waals surface area contributed by atoms with E-state index in [1.807, 2.05) is 0 Å². The van der Waals surface area contributed by atoms with Crippen molar-refractivity contribution in [1.29, 1.82) is 0 Å². The zero-order chi connectivity index (χ0) is 12.4. The van der Waals surface area contributed by atoms with Crippen LogP contribution in [0.2, 0.25) is 10.0 Å². The Morgan fingerprint density at radius 3 is 2.71 bits per heavy atom. The zero-order valence-electron chi connectivity index (χ0n) is 8.48. The molecule has 85 valence electrons. The third-order valence-corrected chi connectivity index (χ3v) is 3.06. The molecular formula is C12H6Cl2NO2. The molecule has 17 heavy (non-hydrogen) atoms. The summed E-state index contributed by atoms with van der Waals surface area (Å²) in [7, 11) is 0. The molecular weight excluding hydrogens is 261 g/mol. The second-order valence-electron chi connectivity index (χ2n) is 3.32. The van der Waals surface area contributed by atoms with Gasteiger partial charge in [-0.15, -0.1) is 0 Å². The fourth-order valence-corrected chi connectivity index (χ4v) is 1.86. The molecule has 0 amide bonds. The summed E-state index contributed by atoms with van der Waals surface area (Å²) in [6.45, 7) is 0. The maximum atomic E-state index is 10.7. The van der Waals surface area contributed by atoms with Gasteiger partial charge < -0.3 is 0 Å². The highest BCUT2D eigenvalue weighted by Gasteiger charge is 2.11. The fourth-order valence-electron chi connectivity index (χ4n) is 1.45. The van der Waals surface area contributed by atoms with E-state index in [9.17, 15) is 10.1 Å². The zero-order valence-corrected chi connectivity index (χ0v) is 10.00. The SMILES string of the molecule is O=[N+]([O-])c1[c]ccc(-c2cccc(Cl)c2Cl)c1. The van der Waals surface area contributed by atoms with Crippen molar-refractivity contribution in [3.8, 4) is 11.1 Å². The molecule has 0 aliphatic carbocycles. The van der Waals surface area contributed by atoms with Crippen LogP contribution in [0, 0.1) is 16.2 Å². The minimum absolute atomic E-state index is 0.0986. The van der Waals surface area contributed by atoms with Gasteiger partial charge in [-0.3, -0.25) is 10.1 Å². The summed E-state index contributed by atoms with van der Waals surface area (Å²) in [6.07, 6.45) is 0. The van der Waals surface area contributed by atoms with Gasteiger partial charge in [0, 0.05) is 11.6 Å². The molecule has 0 fully saturated rings. The molecule has 0 saturated heterocycles. The van der Waals surface area contributed by atoms with E-state index in [0.29, 0.717) is 21.2 Å². The quantitative estimate of drug-likeness (QED) is 0.599. The number of hydrogen-bond acceptors (Lipinski definition) is 2. The first-order valence-corrected chi connectivity index (χ1v) is 5.45. The van der Waals surface area contributed by atoms with Crippen molar-refractivity contribution in [3.05, 3.63) is 62.6 Å². The van der Waals surface area contributed by atoms with E-state index < -0.39 is 4.92 Å². The molecule has 2 aromatic carbocycles. The van der Waals surface area contributed by atoms with Gasteiger partial charge in [0.2, 0.25) is 0 Å². The molecule has 1 radical (unpaired) electrons. The predicted octanol–water partition coefficient (Wildman–Crippen LogP) is 4.37. The lowest BCUT2D eigenvalue weighted by molar-refractivity contribution is -0.385. The highest BCUT2D eigenvalue weighted by atomic mass is 35.5. The van der Waals surface area contributed by atoms with Gasteiger partial charge in [0.05, 0.1) is 21.0 Å². The van der Waals surface area contributed by atoms with Gasteiger partial charge in [0.25, 0.3) is 5.69 Å². The first-order valence-electron chi connectivity index (χ1n) is 4.70. The molecule has 2 rings (SSSR count). The Kier molecular flexibility index (Phi) is 3.31.